The van der Waals surface area contributed by atoms with Crippen molar-refractivity contribution in [1.82, 2.24) is 10.3 Å². The first-order chi connectivity index (χ1) is 28.9. The molecule has 1 amide bonds. The standard InChI is InChI=1S/C50H55ClN4O5/c1-7-9-11-16-35-24-43(56)48(39-23-33(5)17-19-38(39)32(3)4)45(25-35)58-22-21-47(57)55-46-27-40-42(28-50(46,6)60-8-2)53-30-36(29-52)49(40)54-37-18-20-44(41(51)26-37)59-31-34-14-12-10-13-15-34/h10,12-15,18,20-27,30,38-39,56H,3,7-9,11,16-17,19,28,31H2,1-2,4-6H3,(H,53,54)(H,55,57)/b22-21+/t38-,39+,50?/m0/s1. The molecule has 312 valence electrons. The van der Waals surface area contributed by atoms with Crippen molar-refractivity contribution in [2.24, 2.45) is 5.92 Å². The fraction of sp³-hybridized carbons (Fsp3) is 0.340. The molecule has 0 bridgehead atoms. The minimum atomic E-state index is -0.930. The van der Waals surface area contributed by atoms with Crippen LogP contribution in [0.2, 0.25) is 5.02 Å². The average Bonchev–Trinajstić information content (AvgIpc) is 3.21. The van der Waals surface area contributed by atoms with Crippen LogP contribution in [0.15, 0.2) is 109 Å². The third-order valence-corrected chi connectivity index (χ3v) is 11.5. The molecule has 0 spiro atoms. The second kappa shape index (κ2) is 20.0. The van der Waals surface area contributed by atoms with E-state index in [9.17, 15) is 15.2 Å². The normalized spacial score (nSPS) is 18.5. The number of hydrogen-bond acceptors (Lipinski definition) is 8. The number of phenolic OH excluding ortho intramolecular Hbond substituents is 1. The number of nitrogens with one attached hydrogen (secondary N) is 2. The largest absolute Gasteiger partial charge is 0.507 e. The zero-order valence-corrected chi connectivity index (χ0v) is 36.0. The summed E-state index contributed by atoms with van der Waals surface area (Å²) in [5.74, 6) is 0.812. The third kappa shape index (κ3) is 10.5. The van der Waals surface area contributed by atoms with Gasteiger partial charge in [0.15, 0.2) is 0 Å². The van der Waals surface area contributed by atoms with Crippen LogP contribution in [0.25, 0.3) is 6.08 Å². The van der Waals surface area contributed by atoms with Gasteiger partial charge in [-0.3, -0.25) is 9.78 Å². The van der Waals surface area contributed by atoms with Crippen LogP contribution < -0.4 is 20.1 Å². The average molecular weight is 827 g/mol. The molecule has 60 heavy (non-hydrogen) atoms. The zero-order chi connectivity index (χ0) is 42.8. The van der Waals surface area contributed by atoms with Gasteiger partial charge >= 0.3 is 0 Å². The lowest BCUT2D eigenvalue weighted by molar-refractivity contribution is -0.116. The molecule has 9 nitrogen and oxygen atoms in total. The number of allylic oxidation sites excluding steroid dienone is 3. The fourth-order valence-electron chi connectivity index (χ4n) is 8.06. The number of nitrogens with zero attached hydrogens (tertiary/aromatic N) is 2. The maximum atomic E-state index is 13.7. The molecule has 0 fully saturated rings. The van der Waals surface area contributed by atoms with Gasteiger partial charge in [-0.1, -0.05) is 85.5 Å². The zero-order valence-electron chi connectivity index (χ0n) is 35.2. The van der Waals surface area contributed by atoms with Crippen molar-refractivity contribution < 1.29 is 24.1 Å². The summed E-state index contributed by atoms with van der Waals surface area (Å²) in [5, 5.41) is 28.5. The van der Waals surface area contributed by atoms with Crippen LogP contribution in [0, 0.1) is 17.2 Å². The van der Waals surface area contributed by atoms with Crippen molar-refractivity contribution in [3.8, 4) is 23.3 Å². The van der Waals surface area contributed by atoms with Crippen molar-refractivity contribution >= 4 is 35.0 Å². The number of pyridine rings is 1. The number of fused-ring (bicyclic) bond motifs is 1. The Kier molecular flexibility index (Phi) is 14.6. The highest BCUT2D eigenvalue weighted by Crippen LogP contribution is 2.47. The van der Waals surface area contributed by atoms with Crippen LogP contribution in [0.5, 0.6) is 17.2 Å². The van der Waals surface area contributed by atoms with Gasteiger partial charge in [0.05, 0.1) is 33.9 Å². The van der Waals surface area contributed by atoms with Gasteiger partial charge in [-0.2, -0.15) is 5.26 Å². The molecular weight excluding hydrogens is 772 g/mol. The molecule has 1 heterocycles. The predicted molar refractivity (Wildman–Crippen MR) is 239 cm³/mol. The molecular formula is C50H55ClN4O5. The Morgan fingerprint density at radius 1 is 1.12 bits per heavy atom. The van der Waals surface area contributed by atoms with Crippen LogP contribution in [-0.4, -0.2) is 28.2 Å². The number of phenols is 1. The summed E-state index contributed by atoms with van der Waals surface area (Å²) >= 11 is 6.67. The summed E-state index contributed by atoms with van der Waals surface area (Å²) in [5.41, 5.74) is 7.38. The number of anilines is 2. The van der Waals surface area contributed by atoms with Crippen molar-refractivity contribution in [3.05, 3.63) is 147 Å². The number of halogens is 1. The van der Waals surface area contributed by atoms with Gasteiger partial charge in [-0.05, 0) is 107 Å². The van der Waals surface area contributed by atoms with Crippen LogP contribution in [0.4, 0.5) is 11.4 Å². The Labute approximate surface area is 359 Å². The van der Waals surface area contributed by atoms with Gasteiger partial charge in [0.1, 0.15) is 35.5 Å². The maximum absolute atomic E-state index is 13.7. The first-order valence-corrected chi connectivity index (χ1v) is 21.1. The van der Waals surface area contributed by atoms with E-state index in [1.165, 1.54) is 24.1 Å². The first-order valence-electron chi connectivity index (χ1n) is 20.8. The number of rotatable bonds is 17. The fourth-order valence-corrected chi connectivity index (χ4v) is 8.29. The number of benzene rings is 3. The van der Waals surface area contributed by atoms with E-state index in [-0.39, 0.29) is 17.6 Å². The molecule has 1 unspecified atom stereocenters. The summed E-state index contributed by atoms with van der Waals surface area (Å²) in [6.45, 7) is 15.1. The van der Waals surface area contributed by atoms with Crippen LogP contribution in [-0.2, 0) is 29.0 Å². The maximum Gasteiger partial charge on any atom is 0.251 e. The minimum absolute atomic E-state index is 0.116. The third-order valence-electron chi connectivity index (χ3n) is 11.2. The lowest BCUT2D eigenvalue weighted by atomic mass is 9.73. The van der Waals surface area contributed by atoms with Crippen LogP contribution in [0.3, 0.4) is 0 Å². The van der Waals surface area contributed by atoms with E-state index in [2.05, 4.69) is 48.2 Å². The second-order valence-electron chi connectivity index (χ2n) is 15.9. The second-order valence-corrected chi connectivity index (χ2v) is 16.3. The summed E-state index contributed by atoms with van der Waals surface area (Å²) < 4.78 is 18.5. The highest BCUT2D eigenvalue weighted by atomic mass is 35.5. The van der Waals surface area contributed by atoms with E-state index < -0.39 is 11.5 Å². The van der Waals surface area contributed by atoms with E-state index in [0.29, 0.717) is 75.6 Å². The molecule has 6 rings (SSSR count). The summed E-state index contributed by atoms with van der Waals surface area (Å²) in [6, 6.07) is 21.3. The van der Waals surface area contributed by atoms with Gasteiger partial charge < -0.3 is 30.0 Å². The summed E-state index contributed by atoms with van der Waals surface area (Å²) in [7, 11) is 0. The monoisotopic (exact) mass is 826 g/mol. The van der Waals surface area contributed by atoms with Crippen molar-refractivity contribution in [3.63, 3.8) is 0 Å². The molecule has 3 N–H and O–H groups in total. The summed E-state index contributed by atoms with van der Waals surface area (Å²) in [6.07, 6.45) is 14.5. The molecule has 1 aromatic heterocycles. The van der Waals surface area contributed by atoms with Gasteiger partial charge in [-0.15, -0.1) is 0 Å². The molecule has 0 saturated carbocycles. The first kappa shape index (κ1) is 43.8. The highest BCUT2D eigenvalue weighted by Gasteiger charge is 2.37. The molecule has 3 atom stereocenters. The molecule has 4 aromatic rings. The minimum Gasteiger partial charge on any atom is -0.507 e. The lowest BCUT2D eigenvalue weighted by Crippen LogP contribution is -2.44. The number of unbranched alkanes of at least 4 members (excludes halogenated alkanes) is 2. The summed E-state index contributed by atoms with van der Waals surface area (Å²) in [4.78, 5) is 18.4. The quantitative estimate of drug-likeness (QED) is 0.0416. The van der Waals surface area contributed by atoms with E-state index in [4.69, 9.17) is 25.8 Å². The molecule has 0 radical (unpaired) electrons. The lowest BCUT2D eigenvalue weighted by Gasteiger charge is -2.36. The topological polar surface area (TPSA) is 126 Å². The van der Waals surface area contributed by atoms with E-state index in [1.807, 2.05) is 75.4 Å². The number of aromatic nitrogens is 1. The Morgan fingerprint density at radius 2 is 1.92 bits per heavy atom. The van der Waals surface area contributed by atoms with E-state index >= 15 is 0 Å². The smallest absolute Gasteiger partial charge is 0.251 e. The number of nitriles is 1. The van der Waals surface area contributed by atoms with Gasteiger partial charge in [0.2, 0.25) is 0 Å². The van der Waals surface area contributed by atoms with Crippen molar-refractivity contribution in [2.75, 3.05) is 11.9 Å². The number of carbonyl (C=O) groups excluding carboxylic acids is 1. The molecule has 0 saturated heterocycles. The van der Waals surface area contributed by atoms with Gasteiger partial charge in [-0.25, -0.2) is 0 Å². The number of aromatic hydroxyl groups is 1. The van der Waals surface area contributed by atoms with Crippen molar-refractivity contribution in [2.45, 2.75) is 97.7 Å². The molecule has 3 aromatic carbocycles. The van der Waals surface area contributed by atoms with Gasteiger partial charge in [0, 0.05) is 48.0 Å². The predicted octanol–water partition coefficient (Wildman–Crippen LogP) is 11.8. The van der Waals surface area contributed by atoms with Crippen LogP contribution >= 0.6 is 11.6 Å². The number of ether oxygens (including phenoxy) is 3. The van der Waals surface area contributed by atoms with Gasteiger partial charge in [0.25, 0.3) is 5.91 Å². The van der Waals surface area contributed by atoms with Crippen LogP contribution in [0.1, 0.15) is 106 Å². The van der Waals surface area contributed by atoms with Crippen molar-refractivity contribution in [1.29, 1.82) is 5.26 Å². The molecule has 2 aliphatic rings. The SMILES string of the molecule is C=C(C)[C@@H]1CCC(C)=C[C@H]1c1c(O)cc(CCCCC)cc1O/C=C/C(=O)NC1=Cc2c(ncc(C#N)c2Nc2ccc(OCc3ccccc3)c(Cl)c2)CC1(C)OCC. The molecule has 0 aliphatic heterocycles. The number of hydrogen-bond donors (Lipinski definition) is 3. The Morgan fingerprint density at radius 3 is 2.63 bits per heavy atom. The van der Waals surface area contributed by atoms with E-state index in [0.717, 1.165) is 55.2 Å². The Bertz CT molecular complexity index is 2350. The number of amides is 1. The molecule has 2 aliphatic carbocycles. The number of aryl methyl sites for hydroxylation is 1. The molecule has 10 heteroatoms. The van der Waals surface area contributed by atoms with E-state index in [1.54, 1.807) is 12.1 Å². The number of carbonyl (C=O) groups is 1. The Balaban J connectivity index is 1.27. The Hall–Kier alpha value is -5.82. The highest BCUT2D eigenvalue weighted by molar-refractivity contribution is 6.32.